The summed E-state index contributed by atoms with van der Waals surface area (Å²) in [7, 11) is 0. The molecule has 1 aromatic carbocycles. The van der Waals surface area contributed by atoms with E-state index in [0.29, 0.717) is 5.56 Å². The van der Waals surface area contributed by atoms with Crippen LogP contribution in [0.2, 0.25) is 0 Å². The van der Waals surface area contributed by atoms with Gasteiger partial charge in [0.15, 0.2) is 0 Å². The minimum Gasteiger partial charge on any atom is -0.267 e. The van der Waals surface area contributed by atoms with Gasteiger partial charge < -0.3 is 0 Å². The number of nitrogens with zero attached hydrogens (tertiary/aromatic N) is 2. The molecule has 0 fully saturated rings. The molecule has 1 amide bonds. The number of benzene rings is 1. The van der Waals surface area contributed by atoms with Crippen molar-refractivity contribution >= 4 is 12.1 Å². The van der Waals surface area contributed by atoms with Crippen LogP contribution in [-0.2, 0) is 6.42 Å². The number of nitrogens with one attached hydrogen (secondary N) is 1. The molecule has 4 nitrogen and oxygen atoms in total. The largest absolute Gasteiger partial charge is 0.272 e. The molecule has 96 valence electrons. The summed E-state index contributed by atoms with van der Waals surface area (Å²) >= 11 is 0. The Morgan fingerprint density at radius 3 is 2.79 bits per heavy atom. The number of hydrazone groups is 1. The molecular weight excluding hydrogens is 238 g/mol. The van der Waals surface area contributed by atoms with Crippen LogP contribution < -0.4 is 5.43 Å². The van der Waals surface area contributed by atoms with Crippen LogP contribution in [0.3, 0.4) is 0 Å². The zero-order valence-electron chi connectivity index (χ0n) is 10.5. The Balaban J connectivity index is 1.74. The maximum absolute atomic E-state index is 11.6. The molecule has 0 atom stereocenters. The number of aromatic nitrogens is 1. The quantitative estimate of drug-likeness (QED) is 0.657. The second-order valence-corrected chi connectivity index (χ2v) is 4.02. The average Bonchev–Trinajstić information content (AvgIpc) is 2.49. The van der Waals surface area contributed by atoms with E-state index in [1.807, 2.05) is 18.2 Å². The number of hydrogen-bond acceptors (Lipinski definition) is 3. The van der Waals surface area contributed by atoms with Crippen LogP contribution in [0, 0.1) is 0 Å². The van der Waals surface area contributed by atoms with E-state index < -0.39 is 0 Å². The predicted octanol–water partition coefficient (Wildman–Crippen LogP) is 2.43. The van der Waals surface area contributed by atoms with Gasteiger partial charge in [0.2, 0.25) is 0 Å². The Morgan fingerprint density at radius 2 is 2.05 bits per heavy atom. The van der Waals surface area contributed by atoms with Gasteiger partial charge in [0.1, 0.15) is 0 Å². The van der Waals surface area contributed by atoms with Crippen molar-refractivity contribution in [1.82, 2.24) is 10.4 Å². The summed E-state index contributed by atoms with van der Waals surface area (Å²) < 4.78 is 0. The van der Waals surface area contributed by atoms with E-state index in [9.17, 15) is 4.79 Å². The van der Waals surface area contributed by atoms with E-state index in [0.717, 1.165) is 12.8 Å². The van der Waals surface area contributed by atoms with Gasteiger partial charge in [-0.05, 0) is 30.5 Å². The zero-order chi connectivity index (χ0) is 13.3. The first-order valence-electron chi connectivity index (χ1n) is 6.12. The van der Waals surface area contributed by atoms with E-state index in [-0.39, 0.29) is 5.91 Å². The van der Waals surface area contributed by atoms with Crippen molar-refractivity contribution in [3.63, 3.8) is 0 Å². The van der Waals surface area contributed by atoms with Crippen LogP contribution in [0.15, 0.2) is 60.0 Å². The lowest BCUT2D eigenvalue weighted by molar-refractivity contribution is 0.0954. The molecule has 2 aromatic rings. The van der Waals surface area contributed by atoms with Crippen LogP contribution in [0.1, 0.15) is 22.3 Å². The predicted molar refractivity (Wildman–Crippen MR) is 75.0 cm³/mol. The lowest BCUT2D eigenvalue weighted by Gasteiger charge is -1.99. The van der Waals surface area contributed by atoms with E-state index in [2.05, 4.69) is 27.6 Å². The van der Waals surface area contributed by atoms with Crippen molar-refractivity contribution in [3.05, 3.63) is 66.0 Å². The highest BCUT2D eigenvalue weighted by atomic mass is 16.2. The van der Waals surface area contributed by atoms with Gasteiger partial charge in [-0.3, -0.25) is 9.78 Å². The molecule has 19 heavy (non-hydrogen) atoms. The molecule has 0 unspecified atom stereocenters. The van der Waals surface area contributed by atoms with Gasteiger partial charge in [-0.25, -0.2) is 5.43 Å². The fraction of sp³-hybridized carbons (Fsp3) is 0.133. The molecule has 0 saturated heterocycles. The summed E-state index contributed by atoms with van der Waals surface area (Å²) in [6.07, 6.45) is 6.54. The fourth-order valence-electron chi connectivity index (χ4n) is 1.61. The Hall–Kier alpha value is -2.49. The third-order valence-electron chi connectivity index (χ3n) is 2.59. The van der Waals surface area contributed by atoms with Crippen molar-refractivity contribution in [3.8, 4) is 0 Å². The molecule has 0 saturated carbocycles. The Morgan fingerprint density at radius 1 is 1.21 bits per heavy atom. The maximum Gasteiger partial charge on any atom is 0.272 e. The summed E-state index contributed by atoms with van der Waals surface area (Å²) in [6, 6.07) is 13.6. The lowest BCUT2D eigenvalue weighted by atomic mass is 10.1. The van der Waals surface area contributed by atoms with Crippen molar-refractivity contribution in [2.24, 2.45) is 5.10 Å². The van der Waals surface area contributed by atoms with Crippen LogP contribution >= 0.6 is 0 Å². The van der Waals surface area contributed by atoms with Gasteiger partial charge >= 0.3 is 0 Å². The van der Waals surface area contributed by atoms with Crippen LogP contribution in [-0.4, -0.2) is 17.1 Å². The van der Waals surface area contributed by atoms with Crippen LogP contribution in [0.4, 0.5) is 0 Å². The first-order chi connectivity index (χ1) is 9.36. The third kappa shape index (κ3) is 4.35. The van der Waals surface area contributed by atoms with Crippen molar-refractivity contribution in [2.75, 3.05) is 0 Å². The number of pyridine rings is 1. The molecule has 2 rings (SSSR count). The fourth-order valence-corrected chi connectivity index (χ4v) is 1.61. The first-order valence-corrected chi connectivity index (χ1v) is 6.12. The van der Waals surface area contributed by atoms with Gasteiger partial charge in [0.25, 0.3) is 5.91 Å². The molecular formula is C15H15N3O. The molecule has 1 N–H and O–H groups in total. The molecule has 0 radical (unpaired) electrons. The van der Waals surface area contributed by atoms with Gasteiger partial charge in [0.05, 0.1) is 5.56 Å². The number of rotatable bonds is 5. The average molecular weight is 253 g/mol. The molecule has 0 aliphatic rings. The lowest BCUT2D eigenvalue weighted by Crippen LogP contribution is -2.17. The number of carbonyl (C=O) groups is 1. The number of amides is 1. The molecule has 0 bridgehead atoms. The maximum atomic E-state index is 11.6. The third-order valence-corrected chi connectivity index (χ3v) is 2.59. The molecule has 1 aromatic heterocycles. The van der Waals surface area contributed by atoms with Gasteiger partial charge in [0, 0.05) is 18.6 Å². The Bertz CT molecular complexity index is 538. The zero-order valence-corrected chi connectivity index (χ0v) is 10.5. The Kier molecular flexibility index (Phi) is 4.81. The standard InChI is InChI=1S/C15H15N3O/c19-15(14-9-5-10-16-12-14)18-17-11-4-8-13-6-2-1-3-7-13/h1-3,5-7,9-12H,4,8H2,(H,18,19). The summed E-state index contributed by atoms with van der Waals surface area (Å²) in [6.45, 7) is 0. The highest BCUT2D eigenvalue weighted by molar-refractivity contribution is 5.93. The van der Waals surface area contributed by atoms with E-state index >= 15 is 0 Å². The second kappa shape index (κ2) is 7.06. The first kappa shape index (κ1) is 13.0. The molecule has 0 spiro atoms. The Labute approximate surface area is 112 Å². The number of aryl methyl sites for hydroxylation is 1. The highest BCUT2D eigenvalue weighted by Crippen LogP contribution is 2.00. The van der Waals surface area contributed by atoms with Crippen molar-refractivity contribution in [2.45, 2.75) is 12.8 Å². The summed E-state index contributed by atoms with van der Waals surface area (Å²) in [4.78, 5) is 15.5. The number of hydrogen-bond donors (Lipinski definition) is 1. The van der Waals surface area contributed by atoms with Crippen molar-refractivity contribution < 1.29 is 4.79 Å². The summed E-state index contributed by atoms with van der Waals surface area (Å²) in [5.41, 5.74) is 4.24. The summed E-state index contributed by atoms with van der Waals surface area (Å²) in [5.74, 6) is -0.246. The minimum absolute atomic E-state index is 0.246. The highest BCUT2D eigenvalue weighted by Gasteiger charge is 2.01. The minimum atomic E-state index is -0.246. The number of carbonyl (C=O) groups excluding carboxylic acids is 1. The van der Waals surface area contributed by atoms with Gasteiger partial charge in [-0.2, -0.15) is 5.10 Å². The molecule has 0 aliphatic carbocycles. The van der Waals surface area contributed by atoms with Gasteiger partial charge in [-0.1, -0.05) is 30.3 Å². The molecule has 0 aliphatic heterocycles. The summed E-state index contributed by atoms with van der Waals surface area (Å²) in [5, 5.41) is 3.91. The van der Waals surface area contributed by atoms with E-state index in [4.69, 9.17) is 0 Å². The monoisotopic (exact) mass is 253 g/mol. The molecule has 1 heterocycles. The van der Waals surface area contributed by atoms with E-state index in [1.54, 1.807) is 24.5 Å². The van der Waals surface area contributed by atoms with Crippen molar-refractivity contribution in [1.29, 1.82) is 0 Å². The van der Waals surface area contributed by atoms with Crippen LogP contribution in [0.5, 0.6) is 0 Å². The SMILES string of the molecule is O=C(NN=CCCc1ccccc1)c1cccnc1. The normalized spacial score (nSPS) is 10.5. The van der Waals surface area contributed by atoms with Crippen LogP contribution in [0.25, 0.3) is 0 Å². The smallest absolute Gasteiger partial charge is 0.267 e. The molecule has 4 heteroatoms. The van der Waals surface area contributed by atoms with E-state index in [1.165, 1.54) is 11.8 Å². The second-order valence-electron chi connectivity index (χ2n) is 4.02. The topological polar surface area (TPSA) is 54.4 Å². The van der Waals surface area contributed by atoms with Gasteiger partial charge in [-0.15, -0.1) is 0 Å².